The maximum Gasteiger partial charge on any atom is 0.337 e. The summed E-state index contributed by atoms with van der Waals surface area (Å²) in [5.41, 5.74) is 1.37. The summed E-state index contributed by atoms with van der Waals surface area (Å²) in [6, 6.07) is 4.76. The zero-order valence-corrected chi connectivity index (χ0v) is 11.3. The first kappa shape index (κ1) is 14.4. The third-order valence-electron chi connectivity index (χ3n) is 3.62. The Balaban J connectivity index is 2.16. The Hall–Kier alpha value is -1.98. The molecule has 0 aliphatic carbocycles. The number of benzene rings is 1. The van der Waals surface area contributed by atoms with Crippen molar-refractivity contribution in [2.45, 2.75) is 12.8 Å². The molecule has 20 heavy (non-hydrogen) atoms. The number of carbonyl (C=O) groups is 2. The van der Waals surface area contributed by atoms with Gasteiger partial charge in [0.15, 0.2) is 0 Å². The number of aromatic carboxylic acids is 1. The van der Waals surface area contributed by atoms with Gasteiger partial charge in [-0.1, -0.05) is 11.5 Å². The van der Waals surface area contributed by atoms with Gasteiger partial charge in [0.25, 0.3) is 0 Å². The molecule has 104 valence electrons. The predicted octanol–water partition coefficient (Wildman–Crippen LogP) is 0.568. The van der Waals surface area contributed by atoms with Crippen LogP contribution in [-0.2, 0) is 9.53 Å². The number of carbonyl (C=O) groups excluding carboxylic acids is 1. The van der Waals surface area contributed by atoms with Crippen LogP contribution in [0.2, 0.25) is 0 Å². The van der Waals surface area contributed by atoms with Crippen molar-refractivity contribution in [1.29, 1.82) is 0 Å². The van der Waals surface area contributed by atoms with E-state index in [-0.39, 0.29) is 17.5 Å². The fourth-order valence-electron chi connectivity index (χ4n) is 2.51. The summed E-state index contributed by atoms with van der Waals surface area (Å²) in [4.78, 5) is 24.7. The van der Waals surface area contributed by atoms with Gasteiger partial charge < -0.3 is 14.7 Å². The molecule has 0 spiro atoms. The molecule has 5 nitrogen and oxygen atoms in total. The van der Waals surface area contributed by atoms with E-state index in [0.29, 0.717) is 37.1 Å². The Morgan fingerprint density at radius 2 is 2.00 bits per heavy atom. The number of anilines is 1. The van der Waals surface area contributed by atoms with E-state index in [0.717, 1.165) is 0 Å². The number of ether oxygens (including phenoxy) is 1. The summed E-state index contributed by atoms with van der Waals surface area (Å²) in [5.74, 6) is -1.28. The highest BCUT2D eigenvalue weighted by atomic mass is 16.5. The van der Waals surface area contributed by atoms with Gasteiger partial charge in [-0.05, 0) is 25.0 Å². The molecule has 2 radical (unpaired) electrons. The van der Waals surface area contributed by atoms with Crippen LogP contribution < -0.4 is 10.4 Å². The minimum absolute atomic E-state index is 0.106. The number of carboxylic acid groups (broad SMARTS) is 1. The van der Waals surface area contributed by atoms with Gasteiger partial charge in [-0.25, -0.2) is 4.79 Å². The second-order valence-corrected chi connectivity index (χ2v) is 4.87. The van der Waals surface area contributed by atoms with E-state index in [9.17, 15) is 14.7 Å². The first-order valence-corrected chi connectivity index (χ1v) is 6.48. The molecule has 1 aliphatic heterocycles. The molecule has 1 aliphatic rings. The van der Waals surface area contributed by atoms with Gasteiger partial charge in [0, 0.05) is 13.1 Å². The molecule has 0 unspecified atom stereocenters. The first-order chi connectivity index (χ1) is 9.52. The summed E-state index contributed by atoms with van der Waals surface area (Å²) in [6.07, 6.45) is 1.31. The average Bonchev–Trinajstić information content (AvgIpc) is 2.46. The number of nitrogens with zero attached hydrogens (tertiary/aromatic N) is 1. The number of hydrogen-bond acceptors (Lipinski definition) is 4. The molecule has 0 aromatic heterocycles. The van der Waals surface area contributed by atoms with Crippen molar-refractivity contribution in [3.63, 3.8) is 0 Å². The molecule has 1 saturated heterocycles. The highest BCUT2D eigenvalue weighted by molar-refractivity contribution is 6.32. The maximum absolute atomic E-state index is 11.5. The molecule has 2 rings (SSSR count). The summed E-state index contributed by atoms with van der Waals surface area (Å²) in [6.45, 7) is 1.23. The predicted molar refractivity (Wildman–Crippen MR) is 75.7 cm³/mol. The SMILES string of the molecule is [B]c1ccc(C(=O)O)c(N2CCC(C(=O)OC)CC2)c1. The van der Waals surface area contributed by atoms with Crippen LogP contribution in [0.5, 0.6) is 0 Å². The largest absolute Gasteiger partial charge is 0.478 e. The van der Waals surface area contributed by atoms with E-state index < -0.39 is 5.97 Å². The van der Waals surface area contributed by atoms with Gasteiger partial charge in [-0.3, -0.25) is 4.79 Å². The number of hydrogen-bond donors (Lipinski definition) is 1. The number of esters is 1. The molecular weight excluding hydrogens is 257 g/mol. The van der Waals surface area contributed by atoms with Crippen LogP contribution in [0.3, 0.4) is 0 Å². The van der Waals surface area contributed by atoms with Crippen LogP contribution in [0, 0.1) is 5.92 Å². The van der Waals surface area contributed by atoms with Gasteiger partial charge in [-0.2, -0.15) is 0 Å². The molecule has 1 N–H and O–H groups in total. The number of methoxy groups -OCH3 is 1. The second kappa shape index (κ2) is 5.99. The van der Waals surface area contributed by atoms with Gasteiger partial charge in [0.2, 0.25) is 0 Å². The lowest BCUT2D eigenvalue weighted by atomic mass is 9.92. The van der Waals surface area contributed by atoms with Gasteiger partial charge in [0.05, 0.1) is 24.3 Å². The maximum atomic E-state index is 11.5. The van der Waals surface area contributed by atoms with Gasteiger partial charge in [0.1, 0.15) is 7.85 Å². The lowest BCUT2D eigenvalue weighted by Crippen LogP contribution is -2.37. The van der Waals surface area contributed by atoms with Crippen molar-refractivity contribution in [3.05, 3.63) is 23.8 Å². The Kier molecular flexibility index (Phi) is 4.32. The fourth-order valence-corrected chi connectivity index (χ4v) is 2.51. The van der Waals surface area contributed by atoms with Crippen molar-refractivity contribution in [3.8, 4) is 0 Å². The van der Waals surface area contributed by atoms with Crippen LogP contribution in [-0.4, -0.2) is 45.1 Å². The molecule has 0 atom stereocenters. The second-order valence-electron chi connectivity index (χ2n) is 4.87. The zero-order chi connectivity index (χ0) is 14.7. The number of carboxylic acids is 1. The molecule has 0 bridgehead atoms. The molecule has 6 heteroatoms. The van der Waals surface area contributed by atoms with E-state index in [1.165, 1.54) is 13.2 Å². The quantitative estimate of drug-likeness (QED) is 0.644. The molecule has 1 heterocycles. The van der Waals surface area contributed by atoms with E-state index in [4.69, 9.17) is 12.6 Å². The van der Waals surface area contributed by atoms with Crippen molar-refractivity contribution in [2.75, 3.05) is 25.1 Å². The Morgan fingerprint density at radius 3 is 2.55 bits per heavy atom. The minimum Gasteiger partial charge on any atom is -0.478 e. The standard InChI is InChI=1S/C14H16BNO4/c1-20-14(19)9-4-6-16(7-5-9)12-8-10(15)2-3-11(12)13(17)18/h2-3,8-9H,4-7H2,1H3,(H,17,18). The van der Waals surface area contributed by atoms with Crippen LogP contribution in [0.25, 0.3) is 0 Å². The van der Waals surface area contributed by atoms with Crippen LogP contribution in [0.4, 0.5) is 5.69 Å². The van der Waals surface area contributed by atoms with Crippen LogP contribution in [0.15, 0.2) is 18.2 Å². The smallest absolute Gasteiger partial charge is 0.337 e. The zero-order valence-electron chi connectivity index (χ0n) is 11.3. The molecule has 0 amide bonds. The van der Waals surface area contributed by atoms with Gasteiger partial charge >= 0.3 is 11.9 Å². The summed E-state index contributed by atoms with van der Waals surface area (Å²) in [7, 11) is 7.12. The molecular formula is C14H16BNO4. The van der Waals surface area contributed by atoms with Crippen molar-refractivity contribution < 1.29 is 19.4 Å². The Morgan fingerprint density at radius 1 is 1.35 bits per heavy atom. The first-order valence-electron chi connectivity index (χ1n) is 6.48. The third-order valence-corrected chi connectivity index (χ3v) is 3.62. The van der Waals surface area contributed by atoms with Crippen molar-refractivity contribution >= 4 is 30.9 Å². The van der Waals surface area contributed by atoms with Crippen LogP contribution >= 0.6 is 0 Å². The summed E-state index contributed by atoms with van der Waals surface area (Å²) in [5, 5.41) is 9.22. The summed E-state index contributed by atoms with van der Waals surface area (Å²) < 4.78 is 4.74. The van der Waals surface area contributed by atoms with E-state index in [1.54, 1.807) is 12.1 Å². The van der Waals surface area contributed by atoms with Crippen molar-refractivity contribution in [2.24, 2.45) is 5.92 Å². The summed E-state index contributed by atoms with van der Waals surface area (Å²) >= 11 is 0. The molecule has 1 aromatic carbocycles. The monoisotopic (exact) mass is 273 g/mol. The average molecular weight is 273 g/mol. The Labute approximate surface area is 118 Å². The lowest BCUT2D eigenvalue weighted by molar-refractivity contribution is -0.146. The third kappa shape index (κ3) is 2.95. The number of piperidine rings is 1. The highest BCUT2D eigenvalue weighted by Crippen LogP contribution is 2.26. The molecule has 0 saturated carbocycles. The highest BCUT2D eigenvalue weighted by Gasteiger charge is 2.27. The normalized spacial score (nSPS) is 15.9. The molecule has 1 aromatic rings. The number of rotatable bonds is 3. The Bertz CT molecular complexity index is 524. The molecule has 1 fully saturated rings. The topological polar surface area (TPSA) is 66.8 Å². The lowest BCUT2D eigenvalue weighted by Gasteiger charge is -2.33. The minimum atomic E-state index is -0.977. The van der Waals surface area contributed by atoms with E-state index in [2.05, 4.69) is 0 Å². The fraction of sp³-hybridized carbons (Fsp3) is 0.429. The van der Waals surface area contributed by atoms with Crippen molar-refractivity contribution in [1.82, 2.24) is 0 Å². The van der Waals surface area contributed by atoms with Crippen LogP contribution in [0.1, 0.15) is 23.2 Å². The van der Waals surface area contributed by atoms with E-state index in [1.807, 2.05) is 4.90 Å². The van der Waals surface area contributed by atoms with Gasteiger partial charge in [-0.15, -0.1) is 0 Å². The van der Waals surface area contributed by atoms with E-state index >= 15 is 0 Å².